The van der Waals surface area contributed by atoms with Gasteiger partial charge >= 0.3 is 0 Å². The molecule has 1 aromatic heterocycles. The molecule has 1 unspecified atom stereocenters. The number of benzene rings is 1. The molecule has 3 N–H and O–H groups in total. The van der Waals surface area contributed by atoms with E-state index < -0.39 is 0 Å². The molecule has 2 aromatic rings. The molecule has 0 spiro atoms. The molecule has 0 saturated carbocycles. The monoisotopic (exact) mass is 260 g/mol. The SMILES string of the molecule is CCn1cc(C(NN)c2ccc(OC)c(C)c2)cn1. The minimum Gasteiger partial charge on any atom is -0.496 e. The summed E-state index contributed by atoms with van der Waals surface area (Å²) >= 11 is 0. The number of hydrogen-bond acceptors (Lipinski definition) is 4. The van der Waals surface area contributed by atoms with Crippen molar-refractivity contribution in [3.8, 4) is 5.75 Å². The van der Waals surface area contributed by atoms with Gasteiger partial charge in [-0.3, -0.25) is 10.5 Å². The van der Waals surface area contributed by atoms with Crippen LogP contribution in [-0.4, -0.2) is 16.9 Å². The van der Waals surface area contributed by atoms with Crippen LogP contribution in [0.1, 0.15) is 29.7 Å². The number of nitrogens with zero attached hydrogens (tertiary/aromatic N) is 2. The van der Waals surface area contributed by atoms with Crippen LogP contribution in [0.2, 0.25) is 0 Å². The van der Waals surface area contributed by atoms with Crippen molar-refractivity contribution in [3.05, 3.63) is 47.3 Å². The van der Waals surface area contributed by atoms with E-state index in [2.05, 4.69) is 23.5 Å². The summed E-state index contributed by atoms with van der Waals surface area (Å²) in [5, 5.41) is 4.28. The lowest BCUT2D eigenvalue weighted by Gasteiger charge is -2.16. The Morgan fingerprint density at radius 3 is 2.74 bits per heavy atom. The number of rotatable bonds is 5. The number of hydrazine groups is 1. The number of methoxy groups -OCH3 is 1. The van der Waals surface area contributed by atoms with E-state index in [4.69, 9.17) is 10.6 Å². The molecule has 5 heteroatoms. The van der Waals surface area contributed by atoms with Gasteiger partial charge in [0.2, 0.25) is 0 Å². The van der Waals surface area contributed by atoms with Gasteiger partial charge in [0.1, 0.15) is 5.75 Å². The topological polar surface area (TPSA) is 65.1 Å². The summed E-state index contributed by atoms with van der Waals surface area (Å²) in [4.78, 5) is 0. The van der Waals surface area contributed by atoms with Crippen molar-refractivity contribution in [1.82, 2.24) is 15.2 Å². The Balaban J connectivity index is 2.33. The van der Waals surface area contributed by atoms with E-state index in [1.54, 1.807) is 7.11 Å². The molecule has 5 nitrogen and oxygen atoms in total. The number of nitrogens with one attached hydrogen (secondary N) is 1. The molecule has 0 radical (unpaired) electrons. The van der Waals surface area contributed by atoms with Gasteiger partial charge in [-0.15, -0.1) is 0 Å². The first-order valence-electron chi connectivity index (χ1n) is 6.32. The van der Waals surface area contributed by atoms with E-state index in [9.17, 15) is 0 Å². The molecule has 0 aliphatic carbocycles. The van der Waals surface area contributed by atoms with Crippen LogP contribution in [0.3, 0.4) is 0 Å². The lowest BCUT2D eigenvalue weighted by Crippen LogP contribution is -2.28. The second kappa shape index (κ2) is 5.86. The number of nitrogens with two attached hydrogens (primary N) is 1. The quantitative estimate of drug-likeness (QED) is 0.635. The molecule has 102 valence electrons. The zero-order valence-corrected chi connectivity index (χ0v) is 11.6. The van der Waals surface area contributed by atoms with E-state index in [-0.39, 0.29) is 6.04 Å². The van der Waals surface area contributed by atoms with Crippen LogP contribution in [0.15, 0.2) is 30.6 Å². The van der Waals surface area contributed by atoms with Crippen molar-refractivity contribution in [2.75, 3.05) is 7.11 Å². The third kappa shape index (κ3) is 2.77. The third-order valence-electron chi connectivity index (χ3n) is 3.23. The van der Waals surface area contributed by atoms with Crippen molar-refractivity contribution < 1.29 is 4.74 Å². The summed E-state index contributed by atoms with van der Waals surface area (Å²) in [7, 11) is 1.67. The minimum absolute atomic E-state index is 0.0649. The highest BCUT2D eigenvalue weighted by atomic mass is 16.5. The molecule has 0 aliphatic rings. The van der Waals surface area contributed by atoms with Gasteiger partial charge in [-0.2, -0.15) is 5.10 Å². The largest absolute Gasteiger partial charge is 0.496 e. The molecule has 0 saturated heterocycles. The normalized spacial score (nSPS) is 12.4. The second-order valence-electron chi connectivity index (χ2n) is 4.46. The Kier molecular flexibility index (Phi) is 4.19. The lowest BCUT2D eigenvalue weighted by molar-refractivity contribution is 0.411. The van der Waals surface area contributed by atoms with Gasteiger partial charge in [-0.25, -0.2) is 5.43 Å². The summed E-state index contributed by atoms with van der Waals surface area (Å²) < 4.78 is 7.16. The maximum absolute atomic E-state index is 5.69. The average Bonchev–Trinajstić information content (AvgIpc) is 2.88. The zero-order chi connectivity index (χ0) is 13.8. The van der Waals surface area contributed by atoms with Crippen molar-refractivity contribution >= 4 is 0 Å². The number of aryl methyl sites for hydroxylation is 2. The third-order valence-corrected chi connectivity index (χ3v) is 3.23. The molecule has 0 fully saturated rings. The van der Waals surface area contributed by atoms with Crippen LogP contribution in [0.25, 0.3) is 0 Å². The Morgan fingerprint density at radius 2 is 2.21 bits per heavy atom. The van der Waals surface area contributed by atoms with Gasteiger partial charge in [-0.1, -0.05) is 12.1 Å². The van der Waals surface area contributed by atoms with Crippen LogP contribution in [0.4, 0.5) is 0 Å². The van der Waals surface area contributed by atoms with E-state index in [1.807, 2.05) is 36.1 Å². The Labute approximate surface area is 113 Å². The van der Waals surface area contributed by atoms with Crippen LogP contribution in [-0.2, 0) is 6.54 Å². The number of hydrogen-bond donors (Lipinski definition) is 2. The summed E-state index contributed by atoms with van der Waals surface area (Å²) in [6.45, 7) is 4.92. The van der Waals surface area contributed by atoms with E-state index in [0.29, 0.717) is 0 Å². The van der Waals surface area contributed by atoms with Gasteiger partial charge in [-0.05, 0) is 31.0 Å². The molecule has 19 heavy (non-hydrogen) atoms. The van der Waals surface area contributed by atoms with Gasteiger partial charge in [0, 0.05) is 18.3 Å². The van der Waals surface area contributed by atoms with Gasteiger partial charge < -0.3 is 4.74 Å². The smallest absolute Gasteiger partial charge is 0.121 e. The standard InChI is InChI=1S/C14H20N4O/c1-4-18-9-12(8-16-18)14(17-15)11-5-6-13(19-3)10(2)7-11/h5-9,14,17H,4,15H2,1-3H3. The number of ether oxygens (including phenoxy) is 1. The summed E-state index contributed by atoms with van der Waals surface area (Å²) in [6, 6.07) is 5.98. The highest BCUT2D eigenvalue weighted by Gasteiger charge is 2.15. The fourth-order valence-electron chi connectivity index (χ4n) is 2.17. The average molecular weight is 260 g/mol. The van der Waals surface area contributed by atoms with Crippen molar-refractivity contribution in [1.29, 1.82) is 0 Å². The van der Waals surface area contributed by atoms with Crippen molar-refractivity contribution in [3.63, 3.8) is 0 Å². The molecule has 2 rings (SSSR count). The maximum Gasteiger partial charge on any atom is 0.121 e. The molecular formula is C14H20N4O. The van der Waals surface area contributed by atoms with Crippen LogP contribution >= 0.6 is 0 Å². The summed E-state index contributed by atoms with van der Waals surface area (Å²) in [6.07, 6.45) is 3.84. The minimum atomic E-state index is -0.0649. The lowest BCUT2D eigenvalue weighted by atomic mass is 10.00. The molecule has 0 aliphatic heterocycles. The van der Waals surface area contributed by atoms with Gasteiger partial charge in [0.25, 0.3) is 0 Å². The first-order valence-corrected chi connectivity index (χ1v) is 6.32. The van der Waals surface area contributed by atoms with E-state index in [1.165, 1.54) is 0 Å². The predicted octanol–water partition coefficient (Wildman–Crippen LogP) is 1.77. The first-order chi connectivity index (χ1) is 9.19. The molecule has 0 amide bonds. The first kappa shape index (κ1) is 13.6. The zero-order valence-electron chi connectivity index (χ0n) is 11.6. The molecule has 1 aromatic carbocycles. The molecular weight excluding hydrogens is 240 g/mol. The fraction of sp³-hybridized carbons (Fsp3) is 0.357. The number of aromatic nitrogens is 2. The van der Waals surface area contributed by atoms with Crippen LogP contribution in [0, 0.1) is 6.92 Å². The van der Waals surface area contributed by atoms with Gasteiger partial charge in [0.15, 0.2) is 0 Å². The van der Waals surface area contributed by atoms with Crippen LogP contribution < -0.4 is 16.0 Å². The Hall–Kier alpha value is -1.85. The Bertz CT molecular complexity index is 550. The van der Waals surface area contributed by atoms with Crippen molar-refractivity contribution in [2.24, 2.45) is 5.84 Å². The summed E-state index contributed by atoms with van der Waals surface area (Å²) in [5.74, 6) is 6.57. The van der Waals surface area contributed by atoms with E-state index in [0.717, 1.165) is 29.0 Å². The fourth-order valence-corrected chi connectivity index (χ4v) is 2.17. The summed E-state index contributed by atoms with van der Waals surface area (Å²) in [5.41, 5.74) is 6.07. The predicted molar refractivity (Wildman–Crippen MR) is 74.8 cm³/mol. The molecule has 1 atom stereocenters. The van der Waals surface area contributed by atoms with E-state index >= 15 is 0 Å². The molecule has 0 bridgehead atoms. The van der Waals surface area contributed by atoms with Gasteiger partial charge in [0.05, 0.1) is 19.3 Å². The Morgan fingerprint density at radius 1 is 1.42 bits per heavy atom. The highest BCUT2D eigenvalue weighted by Crippen LogP contribution is 2.26. The molecule has 1 heterocycles. The highest BCUT2D eigenvalue weighted by molar-refractivity contribution is 5.40. The van der Waals surface area contributed by atoms with Crippen LogP contribution in [0.5, 0.6) is 5.75 Å². The second-order valence-corrected chi connectivity index (χ2v) is 4.46. The van der Waals surface area contributed by atoms with Crippen molar-refractivity contribution in [2.45, 2.75) is 26.4 Å². The maximum atomic E-state index is 5.69.